The fourth-order valence-electron chi connectivity index (χ4n) is 2.39. The van der Waals surface area contributed by atoms with Gasteiger partial charge >= 0.3 is 0 Å². The monoisotopic (exact) mass is 397 g/mol. The van der Waals surface area contributed by atoms with Crippen molar-refractivity contribution in [2.45, 2.75) is 6.92 Å². The van der Waals surface area contributed by atoms with Crippen LogP contribution in [0.25, 0.3) is 11.0 Å². The van der Waals surface area contributed by atoms with Crippen LogP contribution in [0.5, 0.6) is 0 Å². The second kappa shape index (κ2) is 8.49. The highest BCUT2D eigenvalue weighted by atomic mass is 35.5. The maximum absolute atomic E-state index is 12.4. The zero-order valence-electron chi connectivity index (χ0n) is 14.9. The molecule has 28 heavy (non-hydrogen) atoms. The summed E-state index contributed by atoms with van der Waals surface area (Å²) in [5.74, 6) is -0.906. The van der Waals surface area contributed by atoms with Gasteiger partial charge in [-0.1, -0.05) is 29.3 Å². The van der Waals surface area contributed by atoms with Crippen LogP contribution in [0, 0.1) is 6.92 Å². The fraction of sp³-hybridized carbons (Fsp3) is 0.100. The molecule has 0 aliphatic carbocycles. The van der Waals surface area contributed by atoms with Gasteiger partial charge in [-0.15, -0.1) is 0 Å². The van der Waals surface area contributed by atoms with Crippen molar-refractivity contribution in [3.63, 3.8) is 0 Å². The topological polar surface area (TPSA) is 101 Å². The average molecular weight is 398 g/mol. The number of hydrogen-bond acceptors (Lipinski definition) is 5. The molecule has 0 radical (unpaired) electrons. The molecule has 2 amide bonds. The first kappa shape index (κ1) is 19.3. The van der Waals surface area contributed by atoms with Crippen molar-refractivity contribution in [3.05, 3.63) is 80.7 Å². The number of fused-ring (bicyclic) bond motifs is 1. The summed E-state index contributed by atoms with van der Waals surface area (Å²) in [6.45, 7) is 1.66. The second-order valence-electron chi connectivity index (χ2n) is 6.00. The summed E-state index contributed by atoms with van der Waals surface area (Å²) in [5, 5.41) is 6.94. The number of benzene rings is 2. The predicted octanol–water partition coefficient (Wildman–Crippen LogP) is 2.63. The van der Waals surface area contributed by atoms with Crippen molar-refractivity contribution in [2.24, 2.45) is 5.10 Å². The molecule has 0 saturated carbocycles. The lowest BCUT2D eigenvalue weighted by Crippen LogP contribution is -2.35. The zero-order valence-corrected chi connectivity index (χ0v) is 15.6. The van der Waals surface area contributed by atoms with Crippen molar-refractivity contribution < 1.29 is 14.0 Å². The predicted molar refractivity (Wildman–Crippen MR) is 107 cm³/mol. The number of hydrazone groups is 1. The van der Waals surface area contributed by atoms with Crippen molar-refractivity contribution in [1.82, 2.24) is 10.7 Å². The number of carbonyl (C=O) groups is 2. The molecule has 0 unspecified atom stereocenters. The van der Waals surface area contributed by atoms with E-state index in [4.69, 9.17) is 16.0 Å². The number of nitrogens with zero attached hydrogens (tertiary/aromatic N) is 1. The molecule has 0 saturated heterocycles. The van der Waals surface area contributed by atoms with Crippen LogP contribution in [0.2, 0.25) is 5.02 Å². The Labute approximate surface area is 165 Å². The van der Waals surface area contributed by atoms with Gasteiger partial charge in [0.25, 0.3) is 11.8 Å². The Bertz CT molecular complexity index is 1120. The number of hydrogen-bond donors (Lipinski definition) is 2. The Morgan fingerprint density at radius 2 is 1.93 bits per heavy atom. The van der Waals surface area contributed by atoms with Crippen LogP contribution in [0.15, 0.2) is 63.0 Å². The Balaban J connectivity index is 1.58. The van der Waals surface area contributed by atoms with E-state index in [2.05, 4.69) is 15.8 Å². The summed E-state index contributed by atoms with van der Waals surface area (Å²) in [5.41, 5.74) is 3.95. The average Bonchev–Trinajstić information content (AvgIpc) is 2.69. The van der Waals surface area contributed by atoms with Crippen LogP contribution < -0.4 is 16.2 Å². The van der Waals surface area contributed by atoms with E-state index in [9.17, 15) is 14.4 Å². The number of aryl methyl sites for hydroxylation is 1. The Kier molecular flexibility index (Phi) is 5.86. The second-order valence-corrected chi connectivity index (χ2v) is 6.44. The van der Waals surface area contributed by atoms with Crippen molar-refractivity contribution in [2.75, 3.05) is 6.54 Å². The standard InChI is InChI=1S/C20H16ClN3O4/c1-12-2-4-13(5-3-12)20(27)22-10-18(25)24-23-9-14-11-28-17-7-6-15(21)8-16(17)19(14)26/h2-9,11H,10H2,1H3,(H,22,27)(H,24,25). The Morgan fingerprint density at radius 1 is 1.18 bits per heavy atom. The molecule has 3 aromatic rings. The van der Waals surface area contributed by atoms with E-state index < -0.39 is 5.91 Å². The lowest BCUT2D eigenvalue weighted by molar-refractivity contribution is -0.120. The largest absolute Gasteiger partial charge is 0.463 e. The minimum absolute atomic E-state index is 0.152. The zero-order chi connectivity index (χ0) is 20.1. The highest BCUT2D eigenvalue weighted by Crippen LogP contribution is 2.16. The fourth-order valence-corrected chi connectivity index (χ4v) is 2.56. The van der Waals surface area contributed by atoms with E-state index in [-0.39, 0.29) is 23.4 Å². The number of amides is 2. The quantitative estimate of drug-likeness (QED) is 0.510. The van der Waals surface area contributed by atoms with Crippen LogP contribution in [0.1, 0.15) is 21.5 Å². The SMILES string of the molecule is Cc1ccc(C(=O)NCC(=O)NN=Cc2coc3ccc(Cl)cc3c2=O)cc1. The van der Waals surface area contributed by atoms with Crippen molar-refractivity contribution in [1.29, 1.82) is 0 Å². The number of rotatable bonds is 5. The van der Waals surface area contributed by atoms with Crippen LogP contribution in [-0.4, -0.2) is 24.6 Å². The Hall–Kier alpha value is -3.45. The van der Waals surface area contributed by atoms with Gasteiger partial charge in [0.05, 0.1) is 23.7 Å². The number of nitrogens with one attached hydrogen (secondary N) is 2. The highest BCUT2D eigenvalue weighted by Gasteiger charge is 2.08. The summed E-state index contributed by atoms with van der Waals surface area (Å²) < 4.78 is 5.35. The van der Waals surface area contributed by atoms with E-state index in [0.717, 1.165) is 5.56 Å². The van der Waals surface area contributed by atoms with Gasteiger partial charge in [-0.2, -0.15) is 5.10 Å². The third-order valence-electron chi connectivity index (χ3n) is 3.88. The molecule has 0 atom stereocenters. The first-order valence-electron chi connectivity index (χ1n) is 8.32. The van der Waals surface area contributed by atoms with E-state index in [1.54, 1.807) is 24.3 Å². The molecule has 2 N–H and O–H groups in total. The molecule has 1 aromatic heterocycles. The third-order valence-corrected chi connectivity index (χ3v) is 4.11. The van der Waals surface area contributed by atoms with E-state index in [1.165, 1.54) is 18.5 Å². The molecule has 3 rings (SSSR count). The highest BCUT2D eigenvalue weighted by molar-refractivity contribution is 6.31. The first-order valence-corrected chi connectivity index (χ1v) is 8.69. The molecule has 0 fully saturated rings. The van der Waals surface area contributed by atoms with Gasteiger partial charge in [-0.25, -0.2) is 5.43 Å². The molecule has 0 aliphatic rings. The molecule has 142 valence electrons. The van der Waals surface area contributed by atoms with Gasteiger partial charge in [0.15, 0.2) is 0 Å². The maximum atomic E-state index is 12.4. The smallest absolute Gasteiger partial charge is 0.259 e. The van der Waals surface area contributed by atoms with Crippen molar-refractivity contribution >= 4 is 40.6 Å². The van der Waals surface area contributed by atoms with Crippen LogP contribution in [-0.2, 0) is 4.79 Å². The summed E-state index contributed by atoms with van der Waals surface area (Å²) in [7, 11) is 0. The van der Waals surface area contributed by atoms with Gasteiger partial charge < -0.3 is 9.73 Å². The molecular weight excluding hydrogens is 382 g/mol. The molecule has 0 aliphatic heterocycles. The Morgan fingerprint density at radius 3 is 2.68 bits per heavy atom. The van der Waals surface area contributed by atoms with E-state index in [1.807, 2.05) is 19.1 Å². The van der Waals surface area contributed by atoms with Gasteiger partial charge in [-0.05, 0) is 37.3 Å². The number of carbonyl (C=O) groups excluding carboxylic acids is 2. The molecule has 0 spiro atoms. The normalized spacial score (nSPS) is 10.9. The van der Waals surface area contributed by atoms with Gasteiger partial charge in [-0.3, -0.25) is 14.4 Å². The van der Waals surface area contributed by atoms with Crippen LogP contribution in [0.3, 0.4) is 0 Å². The summed E-state index contributed by atoms with van der Waals surface area (Å²) in [6, 6.07) is 11.7. The van der Waals surface area contributed by atoms with E-state index in [0.29, 0.717) is 21.6 Å². The van der Waals surface area contributed by atoms with Gasteiger partial charge in [0.1, 0.15) is 11.8 Å². The minimum Gasteiger partial charge on any atom is -0.463 e. The van der Waals surface area contributed by atoms with Gasteiger partial charge in [0, 0.05) is 10.6 Å². The van der Waals surface area contributed by atoms with E-state index >= 15 is 0 Å². The summed E-state index contributed by atoms with van der Waals surface area (Å²) in [4.78, 5) is 36.1. The van der Waals surface area contributed by atoms with Crippen LogP contribution in [0.4, 0.5) is 0 Å². The van der Waals surface area contributed by atoms with Gasteiger partial charge in [0.2, 0.25) is 5.43 Å². The first-order chi connectivity index (χ1) is 13.4. The van der Waals surface area contributed by atoms with Crippen LogP contribution >= 0.6 is 11.6 Å². The molecule has 7 nitrogen and oxygen atoms in total. The number of halogens is 1. The van der Waals surface area contributed by atoms with Crippen molar-refractivity contribution in [3.8, 4) is 0 Å². The summed E-state index contributed by atoms with van der Waals surface area (Å²) in [6.07, 6.45) is 2.42. The molecule has 0 bridgehead atoms. The molecule has 1 heterocycles. The third kappa shape index (κ3) is 4.63. The lowest BCUT2D eigenvalue weighted by atomic mass is 10.1. The molecular formula is C20H16ClN3O4. The molecule has 2 aromatic carbocycles. The maximum Gasteiger partial charge on any atom is 0.259 e. The summed E-state index contributed by atoms with van der Waals surface area (Å²) >= 11 is 5.90. The molecule has 8 heteroatoms. The minimum atomic E-state index is -0.537. The lowest BCUT2D eigenvalue weighted by Gasteiger charge is -2.04.